The number of nitro benzene ring substituents is 1. The number of rotatable bonds is 9. The van der Waals surface area contributed by atoms with Gasteiger partial charge in [0.1, 0.15) is 5.69 Å². The molecule has 0 spiro atoms. The fraction of sp³-hybridized carbons (Fsp3) is 0.391. The van der Waals surface area contributed by atoms with Crippen LogP contribution in [0.15, 0.2) is 48.5 Å². The van der Waals surface area contributed by atoms with Gasteiger partial charge in [0.25, 0.3) is 11.6 Å². The van der Waals surface area contributed by atoms with Gasteiger partial charge in [0, 0.05) is 26.1 Å². The van der Waals surface area contributed by atoms with Gasteiger partial charge in [-0.25, -0.2) is 0 Å². The summed E-state index contributed by atoms with van der Waals surface area (Å²) in [5.74, 6) is -0.691. The van der Waals surface area contributed by atoms with Gasteiger partial charge in [-0.3, -0.25) is 19.7 Å². The van der Waals surface area contributed by atoms with Crippen LogP contribution in [0, 0.1) is 10.1 Å². The largest absolute Gasteiger partial charge is 0.456 e. The zero-order valence-corrected chi connectivity index (χ0v) is 17.6. The first-order valence-electron chi connectivity index (χ1n) is 10.4. The average Bonchev–Trinajstić information content (AvgIpc) is 2.79. The lowest BCUT2D eigenvalue weighted by molar-refractivity contribution is -0.384. The summed E-state index contributed by atoms with van der Waals surface area (Å²) < 4.78 is 5.15. The molecule has 8 heteroatoms. The summed E-state index contributed by atoms with van der Waals surface area (Å²) in [4.78, 5) is 36.8. The van der Waals surface area contributed by atoms with Crippen molar-refractivity contribution in [2.24, 2.45) is 0 Å². The molecule has 0 aromatic heterocycles. The number of benzene rings is 2. The van der Waals surface area contributed by atoms with Crippen LogP contribution >= 0.6 is 0 Å². The second kappa shape index (κ2) is 10.6. The van der Waals surface area contributed by atoms with E-state index in [0.29, 0.717) is 18.7 Å². The second-order valence-electron chi connectivity index (χ2n) is 7.58. The van der Waals surface area contributed by atoms with Crippen molar-refractivity contribution in [3.8, 4) is 0 Å². The van der Waals surface area contributed by atoms with E-state index in [1.165, 1.54) is 11.6 Å². The molecule has 0 aliphatic heterocycles. The lowest BCUT2D eigenvalue weighted by Gasteiger charge is -2.33. The Bertz CT molecular complexity index is 946. The van der Waals surface area contributed by atoms with Crippen molar-refractivity contribution in [3.63, 3.8) is 0 Å². The Kier molecular flexibility index (Phi) is 7.59. The molecule has 164 valence electrons. The van der Waals surface area contributed by atoms with Gasteiger partial charge in [0.05, 0.1) is 11.0 Å². The van der Waals surface area contributed by atoms with Crippen molar-refractivity contribution in [3.05, 3.63) is 69.8 Å². The quantitative estimate of drug-likeness (QED) is 0.283. The molecule has 0 heterocycles. The number of nitrogens with one attached hydrogen (secondary N) is 1. The van der Waals surface area contributed by atoms with E-state index in [0.717, 1.165) is 24.8 Å². The van der Waals surface area contributed by atoms with Gasteiger partial charge >= 0.3 is 5.97 Å². The molecule has 8 nitrogen and oxygen atoms in total. The Morgan fingerprint density at radius 3 is 2.74 bits per heavy atom. The number of hydrogen-bond acceptors (Lipinski definition) is 6. The first-order valence-corrected chi connectivity index (χ1v) is 10.4. The van der Waals surface area contributed by atoms with E-state index in [-0.39, 0.29) is 30.7 Å². The topological polar surface area (TPSA) is 102 Å². The third kappa shape index (κ3) is 5.81. The molecule has 0 saturated heterocycles. The summed E-state index contributed by atoms with van der Waals surface area (Å²) in [5.41, 5.74) is 2.83. The van der Waals surface area contributed by atoms with Crippen LogP contribution in [0.4, 0.5) is 11.4 Å². The molecule has 3 rings (SSSR count). The smallest absolute Gasteiger partial charge is 0.306 e. The summed E-state index contributed by atoms with van der Waals surface area (Å²) in [6, 6.07) is 14.5. The highest BCUT2D eigenvalue weighted by atomic mass is 16.6. The van der Waals surface area contributed by atoms with Gasteiger partial charge in [0.2, 0.25) is 0 Å². The van der Waals surface area contributed by atoms with E-state index in [2.05, 4.69) is 17.4 Å². The SMILES string of the molecule is CN(C(=O)COC(=O)CCCNc1ccccc1[N+](=O)[O-])[C@H]1CCCc2ccccc21. The van der Waals surface area contributed by atoms with Crippen molar-refractivity contribution in [2.75, 3.05) is 25.5 Å². The maximum atomic E-state index is 12.5. The molecule has 0 bridgehead atoms. The number of likely N-dealkylation sites (N-methyl/N-ethyl adjacent to an activating group) is 1. The normalized spacial score (nSPS) is 14.9. The van der Waals surface area contributed by atoms with E-state index in [9.17, 15) is 19.7 Å². The number of aryl methyl sites for hydroxylation is 1. The highest BCUT2D eigenvalue weighted by Crippen LogP contribution is 2.33. The average molecular weight is 425 g/mol. The van der Waals surface area contributed by atoms with Crippen molar-refractivity contribution in [1.82, 2.24) is 4.90 Å². The predicted molar refractivity (Wildman–Crippen MR) is 117 cm³/mol. The van der Waals surface area contributed by atoms with Crippen LogP contribution in [0.3, 0.4) is 0 Å². The Morgan fingerprint density at radius 2 is 1.94 bits per heavy atom. The summed E-state index contributed by atoms with van der Waals surface area (Å²) >= 11 is 0. The predicted octanol–water partition coefficient (Wildman–Crippen LogP) is 3.87. The van der Waals surface area contributed by atoms with Crippen molar-refractivity contribution in [2.45, 2.75) is 38.1 Å². The molecule has 1 N–H and O–H groups in total. The number of para-hydroxylation sites is 2. The molecule has 31 heavy (non-hydrogen) atoms. The van der Waals surface area contributed by atoms with Crippen LogP contribution < -0.4 is 5.32 Å². The Morgan fingerprint density at radius 1 is 1.19 bits per heavy atom. The van der Waals surface area contributed by atoms with Gasteiger partial charge in [0.15, 0.2) is 6.61 Å². The van der Waals surface area contributed by atoms with Gasteiger partial charge in [-0.05, 0) is 42.9 Å². The maximum Gasteiger partial charge on any atom is 0.306 e. The maximum absolute atomic E-state index is 12.5. The number of ether oxygens (including phenoxy) is 1. The first kappa shape index (κ1) is 22.3. The zero-order valence-electron chi connectivity index (χ0n) is 17.6. The lowest BCUT2D eigenvalue weighted by atomic mass is 9.87. The zero-order chi connectivity index (χ0) is 22.2. The number of esters is 1. The minimum atomic E-state index is -0.463. The summed E-state index contributed by atoms with van der Waals surface area (Å²) in [7, 11) is 1.75. The third-order valence-corrected chi connectivity index (χ3v) is 5.53. The monoisotopic (exact) mass is 425 g/mol. The summed E-state index contributed by atoms with van der Waals surface area (Å²) in [5, 5.41) is 14.0. The van der Waals surface area contributed by atoms with E-state index >= 15 is 0 Å². The van der Waals surface area contributed by atoms with E-state index in [1.807, 2.05) is 12.1 Å². The summed E-state index contributed by atoms with van der Waals surface area (Å²) in [6.07, 6.45) is 3.49. The molecular weight excluding hydrogens is 398 g/mol. The minimum Gasteiger partial charge on any atom is -0.456 e. The highest BCUT2D eigenvalue weighted by molar-refractivity contribution is 5.81. The third-order valence-electron chi connectivity index (χ3n) is 5.53. The van der Waals surface area contributed by atoms with Crippen LogP contribution in [0.1, 0.15) is 42.9 Å². The number of amides is 1. The number of hydrogen-bond donors (Lipinski definition) is 1. The number of nitrogens with zero attached hydrogens (tertiary/aromatic N) is 2. The fourth-order valence-electron chi connectivity index (χ4n) is 3.86. The Balaban J connectivity index is 1.41. The van der Waals surface area contributed by atoms with E-state index in [1.54, 1.807) is 30.1 Å². The second-order valence-corrected chi connectivity index (χ2v) is 7.58. The molecule has 2 aromatic rings. The summed E-state index contributed by atoms with van der Waals surface area (Å²) in [6.45, 7) is 0.0955. The molecular formula is C23H27N3O5. The highest BCUT2D eigenvalue weighted by Gasteiger charge is 2.26. The molecule has 1 aliphatic rings. The number of fused-ring (bicyclic) bond motifs is 1. The number of carbonyl (C=O) groups excluding carboxylic acids is 2. The molecule has 0 radical (unpaired) electrons. The molecule has 0 fully saturated rings. The molecule has 2 aromatic carbocycles. The molecule has 0 unspecified atom stereocenters. The van der Waals surface area contributed by atoms with Gasteiger partial charge in [-0.1, -0.05) is 36.4 Å². The van der Waals surface area contributed by atoms with Crippen LogP contribution in [0.25, 0.3) is 0 Å². The fourth-order valence-corrected chi connectivity index (χ4v) is 3.86. The van der Waals surface area contributed by atoms with Crippen LogP contribution in [-0.4, -0.2) is 41.9 Å². The molecule has 1 amide bonds. The first-order chi connectivity index (χ1) is 15.0. The van der Waals surface area contributed by atoms with Crippen LogP contribution in [-0.2, 0) is 20.7 Å². The lowest BCUT2D eigenvalue weighted by Crippen LogP contribution is -2.36. The van der Waals surface area contributed by atoms with E-state index in [4.69, 9.17) is 4.74 Å². The van der Waals surface area contributed by atoms with Gasteiger partial charge in [-0.2, -0.15) is 0 Å². The molecule has 1 atom stereocenters. The van der Waals surface area contributed by atoms with Crippen molar-refractivity contribution in [1.29, 1.82) is 0 Å². The number of nitro groups is 1. The Labute approximate surface area is 181 Å². The van der Waals surface area contributed by atoms with E-state index < -0.39 is 10.9 Å². The van der Waals surface area contributed by atoms with Gasteiger partial charge < -0.3 is 15.0 Å². The minimum absolute atomic E-state index is 0.00187. The Hall–Kier alpha value is -3.42. The number of carbonyl (C=O) groups is 2. The standard InChI is InChI=1S/C23H27N3O5/c1-25(20-13-6-9-17-8-2-3-10-18(17)20)22(27)16-31-23(28)14-7-15-24-19-11-4-5-12-21(19)26(29)30/h2-5,8,10-12,20,24H,6-7,9,13-16H2,1H3/t20-/m0/s1. The number of anilines is 1. The van der Waals surface area contributed by atoms with Crippen molar-refractivity contribution >= 4 is 23.3 Å². The van der Waals surface area contributed by atoms with Crippen LogP contribution in [0.2, 0.25) is 0 Å². The van der Waals surface area contributed by atoms with Gasteiger partial charge in [-0.15, -0.1) is 0 Å². The van der Waals surface area contributed by atoms with Crippen molar-refractivity contribution < 1.29 is 19.2 Å². The van der Waals surface area contributed by atoms with Crippen LogP contribution in [0.5, 0.6) is 0 Å². The molecule has 1 aliphatic carbocycles. The molecule has 0 saturated carbocycles.